The zero-order valence-electron chi connectivity index (χ0n) is 24.1. The number of nitrogens with zero attached hydrogens (tertiary/aromatic N) is 3. The molecule has 0 radical (unpaired) electrons. The SMILES string of the molecule is CC1(C)c2ccccc2N(c2cc(-c3ccccc3C#N)cc(-n3c4ccccc4c4ccccc43)c2)c2ccccc21. The van der Waals surface area contributed by atoms with Crippen molar-refractivity contribution in [2.45, 2.75) is 19.3 Å². The number of nitriles is 1. The van der Waals surface area contributed by atoms with Crippen molar-refractivity contribution in [1.29, 1.82) is 5.26 Å². The summed E-state index contributed by atoms with van der Waals surface area (Å²) in [5.74, 6) is 0. The number of fused-ring (bicyclic) bond motifs is 5. The Balaban J connectivity index is 1.48. The molecular weight excluding hydrogens is 522 g/mol. The van der Waals surface area contributed by atoms with Gasteiger partial charge in [-0.3, -0.25) is 0 Å². The second-order valence-corrected chi connectivity index (χ2v) is 11.8. The van der Waals surface area contributed by atoms with Gasteiger partial charge in [0.25, 0.3) is 0 Å². The van der Waals surface area contributed by atoms with Crippen molar-refractivity contribution in [1.82, 2.24) is 4.57 Å². The van der Waals surface area contributed by atoms with Crippen LogP contribution in [0.5, 0.6) is 0 Å². The predicted octanol–water partition coefficient (Wildman–Crippen LogP) is 10.4. The Morgan fingerprint density at radius 2 is 1.07 bits per heavy atom. The number of aromatic nitrogens is 1. The first kappa shape index (κ1) is 25.1. The van der Waals surface area contributed by atoms with Gasteiger partial charge >= 0.3 is 0 Å². The van der Waals surface area contributed by atoms with Crippen LogP contribution in [0.15, 0.2) is 140 Å². The normalized spacial score (nSPS) is 13.5. The smallest absolute Gasteiger partial charge is 0.0998 e. The molecule has 0 amide bonds. The minimum atomic E-state index is -0.148. The summed E-state index contributed by atoms with van der Waals surface area (Å²) in [6, 6.07) is 51.7. The summed E-state index contributed by atoms with van der Waals surface area (Å²) in [4.78, 5) is 2.39. The summed E-state index contributed by atoms with van der Waals surface area (Å²) in [6.45, 7) is 4.62. The highest BCUT2D eigenvalue weighted by Crippen LogP contribution is 2.52. The summed E-state index contributed by atoms with van der Waals surface area (Å²) in [7, 11) is 0. The fourth-order valence-corrected chi connectivity index (χ4v) is 6.99. The van der Waals surface area contributed by atoms with Crippen molar-refractivity contribution >= 4 is 38.9 Å². The molecule has 0 atom stereocenters. The van der Waals surface area contributed by atoms with Gasteiger partial charge < -0.3 is 9.47 Å². The molecule has 0 saturated heterocycles. The van der Waals surface area contributed by atoms with Crippen LogP contribution < -0.4 is 4.90 Å². The lowest BCUT2D eigenvalue weighted by Crippen LogP contribution is -2.30. The molecule has 0 saturated carbocycles. The van der Waals surface area contributed by atoms with Crippen LogP contribution in [-0.2, 0) is 5.41 Å². The summed E-state index contributed by atoms with van der Waals surface area (Å²) in [5, 5.41) is 12.5. The van der Waals surface area contributed by atoms with E-state index in [1.165, 1.54) is 33.3 Å². The summed E-state index contributed by atoms with van der Waals surface area (Å²) < 4.78 is 2.36. The molecule has 8 rings (SSSR count). The molecule has 0 bridgehead atoms. The molecule has 0 spiro atoms. The van der Waals surface area contributed by atoms with Crippen LogP contribution >= 0.6 is 0 Å². The second-order valence-electron chi connectivity index (χ2n) is 11.8. The van der Waals surface area contributed by atoms with Gasteiger partial charge in [0, 0.05) is 27.6 Å². The maximum atomic E-state index is 10.1. The van der Waals surface area contributed by atoms with Crippen LogP contribution in [0.25, 0.3) is 38.6 Å². The van der Waals surface area contributed by atoms with E-state index in [9.17, 15) is 5.26 Å². The highest BCUT2D eigenvalue weighted by atomic mass is 15.2. The van der Waals surface area contributed by atoms with Crippen molar-refractivity contribution in [2.75, 3.05) is 4.90 Å². The van der Waals surface area contributed by atoms with Crippen LogP contribution in [0.4, 0.5) is 17.1 Å². The largest absolute Gasteiger partial charge is 0.310 e. The van der Waals surface area contributed by atoms with Crippen molar-refractivity contribution in [3.8, 4) is 22.9 Å². The lowest BCUT2D eigenvalue weighted by Gasteiger charge is -2.42. The molecule has 0 fully saturated rings. The Morgan fingerprint density at radius 1 is 0.558 bits per heavy atom. The van der Waals surface area contributed by atoms with Crippen LogP contribution in [-0.4, -0.2) is 4.57 Å². The molecule has 3 nitrogen and oxygen atoms in total. The maximum absolute atomic E-state index is 10.1. The minimum absolute atomic E-state index is 0.148. The Kier molecular flexibility index (Phi) is 5.54. The molecule has 2 heterocycles. The van der Waals surface area contributed by atoms with E-state index in [4.69, 9.17) is 0 Å². The lowest BCUT2D eigenvalue weighted by molar-refractivity contribution is 0.632. The van der Waals surface area contributed by atoms with Crippen LogP contribution in [0.1, 0.15) is 30.5 Å². The van der Waals surface area contributed by atoms with Gasteiger partial charge in [-0.1, -0.05) is 105 Å². The van der Waals surface area contributed by atoms with E-state index in [-0.39, 0.29) is 5.41 Å². The molecule has 7 aromatic rings. The standard InChI is InChI=1S/C40H29N3/c1-40(2)34-17-7-11-21-38(34)43(39-22-12-8-18-35(39)40)30-24-28(31-14-4-3-13-27(31)26-41)23-29(25-30)42-36-19-9-5-15-32(36)33-16-6-10-20-37(33)42/h3-25H,1-2H3. The third-order valence-corrected chi connectivity index (χ3v) is 8.99. The number of para-hydroxylation sites is 4. The molecule has 1 aliphatic heterocycles. The highest BCUT2D eigenvalue weighted by Gasteiger charge is 2.36. The average Bonchev–Trinajstić information content (AvgIpc) is 3.39. The fourth-order valence-electron chi connectivity index (χ4n) is 6.99. The van der Waals surface area contributed by atoms with E-state index >= 15 is 0 Å². The molecular formula is C40H29N3. The Hall–Kier alpha value is -5.59. The molecule has 1 aliphatic rings. The van der Waals surface area contributed by atoms with Crippen molar-refractivity contribution in [3.63, 3.8) is 0 Å². The average molecular weight is 552 g/mol. The van der Waals surface area contributed by atoms with Gasteiger partial charge in [-0.25, -0.2) is 0 Å². The van der Waals surface area contributed by atoms with E-state index in [2.05, 4.69) is 151 Å². The summed E-state index contributed by atoms with van der Waals surface area (Å²) in [5.41, 5.74) is 11.8. The van der Waals surface area contributed by atoms with E-state index in [0.29, 0.717) is 5.56 Å². The van der Waals surface area contributed by atoms with Crippen LogP contribution in [0.3, 0.4) is 0 Å². The molecule has 0 unspecified atom stereocenters. The van der Waals surface area contributed by atoms with Crippen molar-refractivity contribution in [3.05, 3.63) is 156 Å². The van der Waals surface area contributed by atoms with Crippen molar-refractivity contribution < 1.29 is 0 Å². The fraction of sp³-hybridized carbons (Fsp3) is 0.0750. The maximum Gasteiger partial charge on any atom is 0.0998 e. The molecule has 1 aromatic heterocycles. The van der Waals surface area contributed by atoms with E-state index in [1.54, 1.807) is 0 Å². The number of hydrogen-bond donors (Lipinski definition) is 0. The van der Waals surface area contributed by atoms with Gasteiger partial charge in [0.1, 0.15) is 0 Å². The van der Waals surface area contributed by atoms with Crippen molar-refractivity contribution in [2.24, 2.45) is 0 Å². The van der Waals surface area contributed by atoms with E-state index in [0.717, 1.165) is 33.5 Å². The highest BCUT2D eigenvalue weighted by molar-refractivity contribution is 6.09. The first-order valence-corrected chi connectivity index (χ1v) is 14.7. The van der Waals surface area contributed by atoms with Gasteiger partial charge in [0.2, 0.25) is 0 Å². The topological polar surface area (TPSA) is 32.0 Å². The molecule has 3 heteroatoms. The van der Waals surface area contributed by atoms with Gasteiger partial charge in [-0.2, -0.15) is 5.26 Å². The van der Waals surface area contributed by atoms with Gasteiger partial charge in [-0.15, -0.1) is 0 Å². The molecule has 43 heavy (non-hydrogen) atoms. The van der Waals surface area contributed by atoms with Gasteiger partial charge in [-0.05, 0) is 70.8 Å². The molecule has 0 N–H and O–H groups in total. The zero-order chi connectivity index (χ0) is 29.1. The van der Waals surface area contributed by atoms with Gasteiger partial charge in [0.05, 0.1) is 34.0 Å². The van der Waals surface area contributed by atoms with Gasteiger partial charge in [0.15, 0.2) is 0 Å². The number of anilines is 3. The Morgan fingerprint density at radius 3 is 1.70 bits per heavy atom. The number of hydrogen-bond acceptors (Lipinski definition) is 2. The third kappa shape index (κ3) is 3.74. The number of benzene rings is 6. The molecule has 6 aromatic carbocycles. The monoisotopic (exact) mass is 551 g/mol. The Bertz CT molecular complexity index is 2140. The minimum Gasteiger partial charge on any atom is -0.310 e. The van der Waals surface area contributed by atoms with Crippen LogP contribution in [0.2, 0.25) is 0 Å². The predicted molar refractivity (Wildman–Crippen MR) is 178 cm³/mol. The lowest BCUT2D eigenvalue weighted by atomic mass is 9.73. The van der Waals surface area contributed by atoms with Crippen LogP contribution in [0, 0.1) is 11.3 Å². The Labute approximate surface area is 251 Å². The first-order valence-electron chi connectivity index (χ1n) is 14.7. The quantitative estimate of drug-likeness (QED) is 0.219. The second kappa shape index (κ2) is 9.48. The number of rotatable bonds is 3. The molecule has 204 valence electrons. The van der Waals surface area contributed by atoms with E-state index < -0.39 is 0 Å². The summed E-state index contributed by atoms with van der Waals surface area (Å²) in [6.07, 6.45) is 0. The van der Waals surface area contributed by atoms with E-state index in [1.807, 2.05) is 18.2 Å². The zero-order valence-corrected chi connectivity index (χ0v) is 24.1. The first-order chi connectivity index (χ1) is 21.1. The third-order valence-electron chi connectivity index (χ3n) is 8.99. The summed E-state index contributed by atoms with van der Waals surface area (Å²) >= 11 is 0. The molecule has 0 aliphatic carbocycles.